The predicted octanol–water partition coefficient (Wildman–Crippen LogP) is 1.32. The normalized spacial score (nSPS) is 19.8. The second kappa shape index (κ2) is 9.94. The summed E-state index contributed by atoms with van der Waals surface area (Å²) in [5.41, 5.74) is -1.13. The van der Waals surface area contributed by atoms with E-state index in [2.05, 4.69) is 27.4 Å². The molecule has 2 unspecified atom stereocenters. The molecular weight excluding hydrogens is 332 g/mol. The van der Waals surface area contributed by atoms with Gasteiger partial charge in [0.2, 0.25) is 0 Å². The minimum absolute atomic E-state index is 0.229. The number of aliphatic imine (C=N–C) groups is 1. The highest BCUT2D eigenvalue weighted by Gasteiger charge is 2.26. The largest absolute Gasteiger partial charge is 0.463 e. The van der Waals surface area contributed by atoms with E-state index in [1.165, 1.54) is 0 Å². The lowest BCUT2D eigenvalue weighted by Crippen LogP contribution is -2.44. The zero-order valence-electron chi connectivity index (χ0n) is 16.5. The number of hydrogen-bond acceptors (Lipinski definition) is 5. The number of rotatable bonds is 8. The van der Waals surface area contributed by atoms with Crippen LogP contribution in [0, 0.1) is 12.8 Å². The predicted molar refractivity (Wildman–Crippen MR) is 103 cm³/mol. The Morgan fingerprint density at radius 2 is 2.08 bits per heavy atom. The van der Waals surface area contributed by atoms with Gasteiger partial charge in [0.1, 0.15) is 17.1 Å². The Labute approximate surface area is 156 Å². The summed E-state index contributed by atoms with van der Waals surface area (Å²) in [6.45, 7) is 14.4. The molecule has 0 spiro atoms. The molecule has 0 saturated carbocycles. The molecule has 0 aromatic carbocycles. The van der Waals surface area contributed by atoms with E-state index in [1.54, 1.807) is 13.0 Å². The van der Waals surface area contributed by atoms with Crippen molar-refractivity contribution >= 4 is 5.96 Å². The van der Waals surface area contributed by atoms with Crippen LogP contribution in [0.25, 0.3) is 0 Å². The molecule has 1 aliphatic heterocycles. The third-order valence-corrected chi connectivity index (χ3v) is 4.45. The fourth-order valence-electron chi connectivity index (χ4n) is 2.94. The Hall–Kier alpha value is -1.57. The molecule has 1 aromatic heterocycles. The zero-order valence-corrected chi connectivity index (χ0v) is 16.5. The second-order valence-electron chi connectivity index (χ2n) is 7.28. The van der Waals surface area contributed by atoms with Crippen LogP contribution in [0.2, 0.25) is 0 Å². The average Bonchev–Trinajstić information content (AvgIpc) is 3.06. The van der Waals surface area contributed by atoms with Crippen LogP contribution in [0.15, 0.2) is 21.5 Å². The molecule has 0 amide bonds. The summed E-state index contributed by atoms with van der Waals surface area (Å²) < 4.78 is 10.9. The monoisotopic (exact) mass is 366 g/mol. The van der Waals surface area contributed by atoms with E-state index in [4.69, 9.17) is 9.15 Å². The Kier molecular flexibility index (Phi) is 7.93. The molecule has 7 nitrogen and oxygen atoms in total. The fraction of sp³-hybridized carbons (Fsp3) is 0.737. The number of furan rings is 1. The van der Waals surface area contributed by atoms with Gasteiger partial charge in [-0.1, -0.05) is 6.92 Å². The number of hydrogen-bond donors (Lipinski definition) is 3. The number of aliphatic hydroxyl groups is 1. The topological polar surface area (TPSA) is 82.3 Å². The van der Waals surface area contributed by atoms with Crippen molar-refractivity contribution in [3.8, 4) is 0 Å². The van der Waals surface area contributed by atoms with Crippen LogP contribution in [-0.4, -0.2) is 68.4 Å². The zero-order chi connectivity index (χ0) is 19.0. The van der Waals surface area contributed by atoms with Crippen molar-refractivity contribution in [2.45, 2.75) is 33.3 Å². The summed E-state index contributed by atoms with van der Waals surface area (Å²) in [4.78, 5) is 6.97. The number of ether oxygens (including phenoxy) is 1. The molecule has 7 heteroatoms. The summed E-state index contributed by atoms with van der Waals surface area (Å²) in [7, 11) is 0. The summed E-state index contributed by atoms with van der Waals surface area (Å²) in [5.74, 6) is 2.52. The van der Waals surface area contributed by atoms with Crippen LogP contribution in [0.4, 0.5) is 0 Å². The first-order valence-electron chi connectivity index (χ1n) is 9.52. The molecule has 26 heavy (non-hydrogen) atoms. The van der Waals surface area contributed by atoms with E-state index in [-0.39, 0.29) is 6.54 Å². The Balaban J connectivity index is 1.85. The summed E-state index contributed by atoms with van der Waals surface area (Å²) in [6, 6.07) is 3.65. The number of nitrogens with zero attached hydrogens (tertiary/aromatic N) is 2. The highest BCUT2D eigenvalue weighted by molar-refractivity contribution is 5.79. The van der Waals surface area contributed by atoms with Crippen molar-refractivity contribution in [1.82, 2.24) is 15.5 Å². The third kappa shape index (κ3) is 6.63. The first-order valence-corrected chi connectivity index (χ1v) is 9.52. The summed E-state index contributed by atoms with van der Waals surface area (Å²) in [5, 5.41) is 17.2. The number of guanidine groups is 1. The van der Waals surface area contributed by atoms with Crippen LogP contribution in [0.5, 0.6) is 0 Å². The molecule has 1 saturated heterocycles. The molecule has 1 fully saturated rings. The van der Waals surface area contributed by atoms with Gasteiger partial charge in [0.05, 0.1) is 19.8 Å². The molecular formula is C19H34N4O3. The smallest absolute Gasteiger partial charge is 0.191 e. The van der Waals surface area contributed by atoms with Gasteiger partial charge in [-0.05, 0) is 38.8 Å². The lowest BCUT2D eigenvalue weighted by molar-refractivity contribution is 0.0320. The maximum absolute atomic E-state index is 10.6. The highest BCUT2D eigenvalue weighted by Crippen LogP contribution is 2.23. The van der Waals surface area contributed by atoms with Crippen LogP contribution in [0.3, 0.4) is 0 Å². The van der Waals surface area contributed by atoms with E-state index in [1.807, 2.05) is 19.9 Å². The van der Waals surface area contributed by atoms with E-state index >= 15 is 0 Å². The Morgan fingerprint density at radius 3 is 2.69 bits per heavy atom. The van der Waals surface area contributed by atoms with E-state index in [0.29, 0.717) is 17.6 Å². The van der Waals surface area contributed by atoms with Gasteiger partial charge in [0.25, 0.3) is 0 Å². The van der Waals surface area contributed by atoms with Gasteiger partial charge in [-0.25, -0.2) is 4.99 Å². The van der Waals surface area contributed by atoms with Gasteiger partial charge in [0, 0.05) is 32.7 Å². The standard InChI is InChI=1S/C19H34N4O3/c1-5-20-18(21-12-15(2)13-23-8-10-25-11-9-23)22-14-19(4,24)17-7-6-16(3)26-17/h6-7,15,24H,5,8-14H2,1-4H3,(H2,20,21,22). The third-order valence-electron chi connectivity index (χ3n) is 4.45. The van der Waals surface area contributed by atoms with Crippen LogP contribution < -0.4 is 10.6 Å². The van der Waals surface area contributed by atoms with Crippen molar-refractivity contribution < 1.29 is 14.3 Å². The van der Waals surface area contributed by atoms with Gasteiger partial charge in [-0.2, -0.15) is 0 Å². The molecule has 3 N–H and O–H groups in total. The average molecular weight is 367 g/mol. The van der Waals surface area contributed by atoms with Gasteiger partial charge < -0.3 is 24.9 Å². The number of morpholine rings is 1. The van der Waals surface area contributed by atoms with Gasteiger partial charge in [-0.15, -0.1) is 0 Å². The van der Waals surface area contributed by atoms with Crippen LogP contribution >= 0.6 is 0 Å². The molecule has 1 aliphatic rings. The van der Waals surface area contributed by atoms with Crippen molar-refractivity contribution in [2.75, 3.05) is 52.5 Å². The number of aryl methyl sites for hydroxylation is 1. The van der Waals surface area contributed by atoms with Gasteiger partial charge in [0.15, 0.2) is 5.96 Å². The minimum Gasteiger partial charge on any atom is -0.463 e. The highest BCUT2D eigenvalue weighted by atomic mass is 16.5. The maximum Gasteiger partial charge on any atom is 0.191 e. The van der Waals surface area contributed by atoms with E-state index < -0.39 is 5.60 Å². The van der Waals surface area contributed by atoms with E-state index in [0.717, 1.165) is 51.7 Å². The lowest BCUT2D eigenvalue weighted by Gasteiger charge is -2.29. The van der Waals surface area contributed by atoms with Crippen LogP contribution in [-0.2, 0) is 10.3 Å². The molecule has 2 heterocycles. The second-order valence-corrected chi connectivity index (χ2v) is 7.28. The molecule has 0 bridgehead atoms. The first-order chi connectivity index (χ1) is 12.4. The Bertz CT molecular complexity index is 565. The fourth-order valence-corrected chi connectivity index (χ4v) is 2.94. The van der Waals surface area contributed by atoms with Crippen LogP contribution in [0.1, 0.15) is 32.3 Å². The Morgan fingerprint density at radius 1 is 1.35 bits per heavy atom. The van der Waals surface area contributed by atoms with Crippen molar-refractivity contribution in [1.29, 1.82) is 0 Å². The number of nitrogens with one attached hydrogen (secondary N) is 2. The minimum atomic E-state index is -1.13. The molecule has 1 aromatic rings. The van der Waals surface area contributed by atoms with Crippen molar-refractivity contribution in [2.24, 2.45) is 10.9 Å². The summed E-state index contributed by atoms with van der Waals surface area (Å²) in [6.07, 6.45) is 0. The molecule has 2 atom stereocenters. The summed E-state index contributed by atoms with van der Waals surface area (Å²) >= 11 is 0. The van der Waals surface area contributed by atoms with E-state index in [9.17, 15) is 5.11 Å². The lowest BCUT2D eigenvalue weighted by atomic mass is 10.0. The SMILES string of the molecule is CCNC(=NCC(C)(O)c1ccc(C)o1)NCC(C)CN1CCOCC1. The van der Waals surface area contributed by atoms with Gasteiger partial charge in [-0.3, -0.25) is 4.90 Å². The quantitative estimate of drug-likeness (QED) is 0.475. The van der Waals surface area contributed by atoms with Crippen molar-refractivity contribution in [3.63, 3.8) is 0 Å². The molecule has 2 rings (SSSR count). The molecule has 0 aliphatic carbocycles. The van der Waals surface area contributed by atoms with Gasteiger partial charge >= 0.3 is 0 Å². The maximum atomic E-state index is 10.6. The first kappa shape index (κ1) is 20.7. The van der Waals surface area contributed by atoms with Crippen molar-refractivity contribution in [3.05, 3.63) is 23.7 Å². The molecule has 148 valence electrons. The molecule has 0 radical (unpaired) electrons.